The van der Waals surface area contributed by atoms with Crippen LogP contribution in [0.2, 0.25) is 0 Å². The quantitative estimate of drug-likeness (QED) is 0.742. The van der Waals surface area contributed by atoms with Crippen molar-refractivity contribution < 1.29 is 9.53 Å². The van der Waals surface area contributed by atoms with Gasteiger partial charge in [-0.25, -0.2) is 4.98 Å². The molecule has 2 aliphatic rings. The molecule has 1 amide bonds. The van der Waals surface area contributed by atoms with E-state index in [1.165, 1.54) is 0 Å². The van der Waals surface area contributed by atoms with Crippen LogP contribution in [0.4, 0.5) is 5.69 Å². The largest absolute Gasteiger partial charge is 0.478 e. The summed E-state index contributed by atoms with van der Waals surface area (Å²) in [6, 6.07) is 9.68. The number of nitrogens with one attached hydrogen (secondary N) is 1. The Balaban J connectivity index is 1.65. The SMILES string of the molecule is CCOc1ccc(-c2ccc(NC(=O)C3(C(C)C)CC3)cc2C2=NN=NC2)cn1. The molecular weight excluding hydrogens is 366 g/mol. The minimum Gasteiger partial charge on any atom is -0.478 e. The Hall–Kier alpha value is -3.09. The summed E-state index contributed by atoms with van der Waals surface area (Å²) >= 11 is 0. The van der Waals surface area contributed by atoms with Gasteiger partial charge in [0.1, 0.15) is 6.54 Å². The average molecular weight is 391 g/mol. The fraction of sp³-hybridized carbons (Fsp3) is 0.409. The molecule has 0 bridgehead atoms. The lowest BCUT2D eigenvalue weighted by Gasteiger charge is -2.20. The van der Waals surface area contributed by atoms with E-state index >= 15 is 0 Å². The molecular formula is C22H25N5O2. The van der Waals surface area contributed by atoms with Crippen molar-refractivity contribution in [2.45, 2.75) is 33.6 Å². The van der Waals surface area contributed by atoms with Crippen molar-refractivity contribution in [3.8, 4) is 17.0 Å². The zero-order valence-corrected chi connectivity index (χ0v) is 17.0. The number of benzene rings is 1. The molecule has 0 saturated heterocycles. The fourth-order valence-corrected chi connectivity index (χ4v) is 3.70. The van der Waals surface area contributed by atoms with Crippen molar-refractivity contribution in [1.29, 1.82) is 0 Å². The molecule has 0 radical (unpaired) electrons. The Morgan fingerprint density at radius 1 is 1.21 bits per heavy atom. The van der Waals surface area contributed by atoms with Crippen LogP contribution in [0.15, 0.2) is 52.0 Å². The number of hydrogen-bond donors (Lipinski definition) is 1. The van der Waals surface area contributed by atoms with E-state index in [-0.39, 0.29) is 11.3 Å². The Labute approximate surface area is 170 Å². The van der Waals surface area contributed by atoms with Gasteiger partial charge in [-0.1, -0.05) is 19.9 Å². The summed E-state index contributed by atoms with van der Waals surface area (Å²) in [5, 5.41) is 15.0. The molecule has 4 rings (SSSR count). The second kappa shape index (κ2) is 7.73. The molecule has 1 saturated carbocycles. The molecule has 0 spiro atoms. The van der Waals surface area contributed by atoms with Crippen LogP contribution in [0.5, 0.6) is 5.88 Å². The van der Waals surface area contributed by atoms with Crippen LogP contribution in [0, 0.1) is 11.3 Å². The van der Waals surface area contributed by atoms with E-state index in [2.05, 4.69) is 39.6 Å². The molecule has 29 heavy (non-hydrogen) atoms. The summed E-state index contributed by atoms with van der Waals surface area (Å²) in [6.07, 6.45) is 3.68. The molecule has 150 valence electrons. The highest BCUT2D eigenvalue weighted by molar-refractivity contribution is 6.09. The van der Waals surface area contributed by atoms with Gasteiger partial charge in [0.15, 0.2) is 0 Å². The molecule has 1 aromatic heterocycles. The lowest BCUT2D eigenvalue weighted by molar-refractivity contribution is -0.122. The van der Waals surface area contributed by atoms with Gasteiger partial charge < -0.3 is 10.1 Å². The minimum absolute atomic E-state index is 0.0941. The van der Waals surface area contributed by atoms with Gasteiger partial charge in [0.25, 0.3) is 0 Å². The lowest BCUT2D eigenvalue weighted by atomic mass is 9.91. The summed E-state index contributed by atoms with van der Waals surface area (Å²) in [5.41, 5.74) is 4.11. The third-order valence-corrected chi connectivity index (χ3v) is 5.72. The van der Waals surface area contributed by atoms with Crippen LogP contribution >= 0.6 is 0 Å². The predicted molar refractivity (Wildman–Crippen MR) is 112 cm³/mol. The predicted octanol–water partition coefficient (Wildman–Crippen LogP) is 4.69. The van der Waals surface area contributed by atoms with Gasteiger partial charge in [-0.3, -0.25) is 4.79 Å². The maximum Gasteiger partial charge on any atom is 0.230 e. The number of amides is 1. The van der Waals surface area contributed by atoms with Crippen LogP contribution in [0.25, 0.3) is 11.1 Å². The highest BCUT2D eigenvalue weighted by Crippen LogP contribution is 2.52. The first kappa shape index (κ1) is 19.2. The molecule has 1 aromatic carbocycles. The van der Waals surface area contributed by atoms with Gasteiger partial charge in [0.05, 0.1) is 17.7 Å². The lowest BCUT2D eigenvalue weighted by Crippen LogP contribution is -2.28. The number of carbonyl (C=O) groups is 1. The van der Waals surface area contributed by atoms with Crippen molar-refractivity contribution in [1.82, 2.24) is 4.98 Å². The summed E-state index contributed by atoms with van der Waals surface area (Å²) < 4.78 is 5.43. The van der Waals surface area contributed by atoms with E-state index in [4.69, 9.17) is 4.74 Å². The molecule has 0 unspecified atom stereocenters. The van der Waals surface area contributed by atoms with E-state index in [0.717, 1.165) is 40.9 Å². The molecule has 1 aliphatic heterocycles. The van der Waals surface area contributed by atoms with Crippen molar-refractivity contribution >= 4 is 17.3 Å². The average Bonchev–Trinajstić information content (AvgIpc) is 3.37. The van der Waals surface area contributed by atoms with Crippen LogP contribution in [0.3, 0.4) is 0 Å². The first-order chi connectivity index (χ1) is 14.0. The first-order valence-electron chi connectivity index (χ1n) is 10.0. The van der Waals surface area contributed by atoms with Gasteiger partial charge in [0.2, 0.25) is 11.8 Å². The molecule has 7 nitrogen and oxygen atoms in total. The second-order valence-corrected chi connectivity index (χ2v) is 7.78. The summed E-state index contributed by atoms with van der Waals surface area (Å²) in [6.45, 7) is 7.14. The van der Waals surface area contributed by atoms with Crippen molar-refractivity contribution in [2.75, 3.05) is 18.5 Å². The van der Waals surface area contributed by atoms with Crippen molar-refractivity contribution in [2.24, 2.45) is 26.8 Å². The number of ether oxygens (including phenoxy) is 1. The van der Waals surface area contributed by atoms with Gasteiger partial charge >= 0.3 is 0 Å². The third-order valence-electron chi connectivity index (χ3n) is 5.72. The number of pyridine rings is 1. The van der Waals surface area contributed by atoms with E-state index in [0.29, 0.717) is 24.9 Å². The summed E-state index contributed by atoms with van der Waals surface area (Å²) in [4.78, 5) is 17.2. The van der Waals surface area contributed by atoms with Gasteiger partial charge in [-0.2, -0.15) is 5.11 Å². The Bertz CT molecular complexity index is 975. The number of aromatic nitrogens is 1. The number of hydrogen-bond acceptors (Lipinski definition) is 6. The Morgan fingerprint density at radius 3 is 2.62 bits per heavy atom. The van der Waals surface area contributed by atoms with Crippen LogP contribution in [-0.4, -0.2) is 29.8 Å². The standard InChI is InChI=1S/C22H25N5O2/c1-4-29-20-8-5-15(12-23-20)17-7-6-16(11-18(17)19-13-24-27-26-19)25-21(28)22(9-10-22)14(2)3/h5-8,11-12,14H,4,9-10,13H2,1-3H3,(H,25,28). The third kappa shape index (κ3) is 3.77. The van der Waals surface area contributed by atoms with Gasteiger partial charge in [-0.05, 0) is 54.7 Å². The molecule has 1 aliphatic carbocycles. The highest BCUT2D eigenvalue weighted by atomic mass is 16.5. The topological polar surface area (TPSA) is 88.3 Å². The fourth-order valence-electron chi connectivity index (χ4n) is 3.70. The van der Waals surface area contributed by atoms with Crippen LogP contribution in [0.1, 0.15) is 39.2 Å². The highest BCUT2D eigenvalue weighted by Gasteiger charge is 2.52. The summed E-state index contributed by atoms with van der Waals surface area (Å²) in [7, 11) is 0. The summed E-state index contributed by atoms with van der Waals surface area (Å²) in [5.74, 6) is 1.01. The van der Waals surface area contributed by atoms with E-state index in [1.54, 1.807) is 6.20 Å². The molecule has 2 heterocycles. The normalized spacial score (nSPS) is 16.6. The minimum atomic E-state index is -0.229. The van der Waals surface area contributed by atoms with E-state index in [1.807, 2.05) is 37.3 Å². The zero-order valence-electron chi connectivity index (χ0n) is 17.0. The molecule has 1 fully saturated rings. The molecule has 0 atom stereocenters. The van der Waals surface area contributed by atoms with Gasteiger partial charge in [-0.15, -0.1) is 5.10 Å². The zero-order chi connectivity index (χ0) is 20.4. The monoisotopic (exact) mass is 391 g/mol. The Kier molecular flexibility index (Phi) is 5.13. The number of rotatable bonds is 7. The number of nitrogens with zero attached hydrogens (tertiary/aromatic N) is 4. The maximum absolute atomic E-state index is 12.8. The first-order valence-corrected chi connectivity index (χ1v) is 10.0. The number of carbonyl (C=O) groups excluding carboxylic acids is 1. The number of anilines is 1. The smallest absolute Gasteiger partial charge is 0.230 e. The maximum atomic E-state index is 12.8. The van der Waals surface area contributed by atoms with Crippen LogP contribution in [-0.2, 0) is 4.79 Å². The second-order valence-electron chi connectivity index (χ2n) is 7.78. The van der Waals surface area contributed by atoms with Crippen LogP contribution < -0.4 is 10.1 Å². The van der Waals surface area contributed by atoms with Gasteiger partial charge in [0, 0.05) is 29.1 Å². The molecule has 2 aromatic rings. The van der Waals surface area contributed by atoms with E-state index < -0.39 is 0 Å². The van der Waals surface area contributed by atoms with Crippen molar-refractivity contribution in [3.63, 3.8) is 0 Å². The Morgan fingerprint density at radius 2 is 2.03 bits per heavy atom. The molecule has 7 heteroatoms. The van der Waals surface area contributed by atoms with E-state index in [9.17, 15) is 4.79 Å². The van der Waals surface area contributed by atoms with Crippen molar-refractivity contribution in [3.05, 3.63) is 42.1 Å². The molecule has 1 N–H and O–H groups in total.